The summed E-state index contributed by atoms with van der Waals surface area (Å²) in [5, 5.41) is 0.240. The van der Waals surface area contributed by atoms with Crippen LogP contribution in [0.2, 0.25) is 18.1 Å². The van der Waals surface area contributed by atoms with Crippen molar-refractivity contribution in [2.45, 2.75) is 43.8 Å². The van der Waals surface area contributed by atoms with Gasteiger partial charge in [0.2, 0.25) is 0 Å². The molecule has 23 heavy (non-hydrogen) atoms. The first-order valence-electron chi connectivity index (χ1n) is 8.01. The van der Waals surface area contributed by atoms with Crippen LogP contribution in [0.3, 0.4) is 0 Å². The summed E-state index contributed by atoms with van der Waals surface area (Å²) in [7, 11) is -1.80. The van der Waals surface area contributed by atoms with Crippen molar-refractivity contribution < 1.29 is 4.74 Å². The van der Waals surface area contributed by atoms with Crippen LogP contribution < -0.4 is 9.30 Å². The van der Waals surface area contributed by atoms with Crippen LogP contribution in [0, 0.1) is 0 Å². The molecule has 2 aromatic carbocycles. The van der Waals surface area contributed by atoms with E-state index in [0.717, 1.165) is 11.5 Å². The largest absolute Gasteiger partial charge is 0.452 e. The number of thioether (sulfide) groups is 1. The molecule has 0 aromatic heterocycles. The third-order valence-electron chi connectivity index (χ3n) is 5.13. The van der Waals surface area contributed by atoms with Crippen molar-refractivity contribution in [1.82, 2.24) is 0 Å². The Morgan fingerprint density at radius 1 is 0.957 bits per heavy atom. The Morgan fingerprint density at radius 2 is 1.61 bits per heavy atom. The van der Waals surface area contributed by atoms with Gasteiger partial charge in [-0.25, -0.2) is 0 Å². The Bertz CT molecular complexity index is 736. The lowest BCUT2D eigenvalue weighted by atomic mass is 10.2. The van der Waals surface area contributed by atoms with Crippen molar-refractivity contribution in [2.75, 3.05) is 10.8 Å². The van der Waals surface area contributed by atoms with Crippen LogP contribution in [0.5, 0.6) is 11.5 Å². The number of benzene rings is 2. The minimum atomic E-state index is -1.80. The number of hydrogen-bond acceptors (Lipinski definition) is 3. The number of rotatable bonds is 2. The van der Waals surface area contributed by atoms with E-state index >= 15 is 0 Å². The maximum atomic E-state index is 6.30. The molecule has 2 aromatic rings. The topological polar surface area (TPSA) is 12.5 Å². The van der Waals surface area contributed by atoms with Crippen LogP contribution in [0.15, 0.2) is 47.4 Å². The van der Waals surface area contributed by atoms with Gasteiger partial charge >= 0.3 is 0 Å². The molecule has 122 valence electrons. The molecule has 0 bridgehead atoms. The van der Waals surface area contributed by atoms with E-state index in [1.54, 1.807) is 11.8 Å². The van der Waals surface area contributed by atoms with Gasteiger partial charge in [-0.3, -0.25) is 0 Å². The summed E-state index contributed by atoms with van der Waals surface area (Å²) in [6.45, 7) is 12.0. The molecule has 1 heterocycles. The highest BCUT2D eigenvalue weighted by Gasteiger charge is 2.45. The number of fused-ring (bicyclic) bond motifs is 2. The molecular weight excluding hydrogens is 318 g/mol. The van der Waals surface area contributed by atoms with Crippen LogP contribution in [0.4, 0.5) is 11.4 Å². The molecule has 1 aliphatic heterocycles. The molecule has 0 aliphatic carbocycles. The Morgan fingerprint density at radius 3 is 2.26 bits per heavy atom. The Labute approximate surface area is 144 Å². The fourth-order valence-corrected chi connectivity index (χ4v) is 5.63. The average Bonchev–Trinajstić information content (AvgIpc) is 2.50. The summed E-state index contributed by atoms with van der Waals surface area (Å²) >= 11 is 1.74. The number of para-hydroxylation sites is 3. The van der Waals surface area contributed by atoms with Gasteiger partial charge in [0.1, 0.15) is 5.75 Å². The summed E-state index contributed by atoms with van der Waals surface area (Å²) in [5.74, 6) is 1.97. The normalized spacial score (nSPS) is 14.1. The first-order valence-corrected chi connectivity index (χ1v) is 12.2. The van der Waals surface area contributed by atoms with Gasteiger partial charge in [0, 0.05) is 0 Å². The van der Waals surface area contributed by atoms with Crippen molar-refractivity contribution in [1.29, 1.82) is 0 Å². The van der Waals surface area contributed by atoms with Gasteiger partial charge < -0.3 is 9.30 Å². The predicted molar refractivity (Wildman–Crippen MR) is 104 cm³/mol. The lowest BCUT2D eigenvalue weighted by molar-refractivity contribution is 0.465. The molecule has 0 atom stereocenters. The Balaban J connectivity index is 2.28. The van der Waals surface area contributed by atoms with E-state index in [9.17, 15) is 0 Å². The lowest BCUT2D eigenvalue weighted by Gasteiger charge is -2.49. The smallest absolute Gasteiger partial charge is 0.163 e. The zero-order chi connectivity index (χ0) is 16.8. The molecule has 0 N–H and O–H groups in total. The Hall–Kier alpha value is -1.39. The van der Waals surface area contributed by atoms with Crippen LogP contribution in [-0.2, 0) is 0 Å². The monoisotopic (exact) mass is 343 g/mol. The molecule has 0 saturated heterocycles. The van der Waals surface area contributed by atoms with Crippen molar-refractivity contribution in [2.24, 2.45) is 0 Å². The quantitative estimate of drug-likeness (QED) is 0.447. The summed E-state index contributed by atoms with van der Waals surface area (Å²) < 4.78 is 8.88. The highest BCUT2D eigenvalue weighted by atomic mass is 32.2. The number of hydrogen-bond donors (Lipinski definition) is 0. The fourth-order valence-electron chi connectivity index (χ4n) is 2.85. The molecule has 1 aliphatic rings. The SMILES string of the molecule is CSc1cccc2c1Oc1ccccc1N2[Si](C)(C)C(C)(C)C. The molecule has 0 fully saturated rings. The standard InChI is InChI=1S/C19H25NOSSi/c1-19(2,3)23(5,6)20-14-10-7-8-12-16(14)21-18-15(20)11-9-13-17(18)22-4/h7-13H,1-6H3. The van der Waals surface area contributed by atoms with Gasteiger partial charge in [0.15, 0.2) is 14.0 Å². The molecule has 2 nitrogen and oxygen atoms in total. The second-order valence-corrected chi connectivity index (χ2v) is 13.4. The maximum absolute atomic E-state index is 6.30. The van der Waals surface area contributed by atoms with Crippen LogP contribution >= 0.6 is 11.8 Å². The second kappa shape index (κ2) is 5.60. The van der Waals surface area contributed by atoms with Crippen LogP contribution in [-0.4, -0.2) is 14.5 Å². The summed E-state index contributed by atoms with van der Waals surface area (Å²) in [5.41, 5.74) is 2.41. The van der Waals surface area contributed by atoms with Crippen molar-refractivity contribution in [3.63, 3.8) is 0 Å². The first-order chi connectivity index (χ1) is 10.8. The summed E-state index contributed by atoms with van der Waals surface area (Å²) in [6, 6.07) is 14.9. The van der Waals surface area contributed by atoms with Gasteiger partial charge in [-0.05, 0) is 35.6 Å². The molecule has 3 rings (SSSR count). The van der Waals surface area contributed by atoms with Crippen LogP contribution in [0.25, 0.3) is 0 Å². The van der Waals surface area contributed by atoms with Crippen LogP contribution in [0.1, 0.15) is 20.8 Å². The molecule has 4 heteroatoms. The van der Waals surface area contributed by atoms with Gasteiger partial charge in [-0.15, -0.1) is 11.8 Å². The Kier molecular flexibility index (Phi) is 4.01. The van der Waals surface area contributed by atoms with E-state index < -0.39 is 8.24 Å². The molecule has 0 amide bonds. The molecular formula is C19H25NOSSi. The highest BCUT2D eigenvalue weighted by Crippen LogP contribution is 2.55. The third kappa shape index (κ3) is 2.58. The minimum absolute atomic E-state index is 0.240. The lowest BCUT2D eigenvalue weighted by Crippen LogP contribution is -2.53. The minimum Gasteiger partial charge on any atom is -0.452 e. The van der Waals surface area contributed by atoms with Crippen molar-refractivity contribution in [3.05, 3.63) is 42.5 Å². The van der Waals surface area contributed by atoms with Crippen molar-refractivity contribution >= 4 is 31.4 Å². The number of nitrogens with zero attached hydrogens (tertiary/aromatic N) is 1. The first kappa shape index (κ1) is 16.5. The van der Waals surface area contributed by atoms with E-state index in [1.165, 1.54) is 16.3 Å². The van der Waals surface area contributed by atoms with Gasteiger partial charge in [-0.2, -0.15) is 0 Å². The van der Waals surface area contributed by atoms with E-state index in [0.29, 0.717) is 0 Å². The van der Waals surface area contributed by atoms with E-state index in [-0.39, 0.29) is 5.04 Å². The zero-order valence-electron chi connectivity index (χ0n) is 14.8. The molecule has 0 radical (unpaired) electrons. The van der Waals surface area contributed by atoms with E-state index in [4.69, 9.17) is 4.74 Å². The summed E-state index contributed by atoms with van der Waals surface area (Å²) in [4.78, 5) is 1.20. The third-order valence-corrected chi connectivity index (χ3v) is 11.2. The highest BCUT2D eigenvalue weighted by molar-refractivity contribution is 7.98. The van der Waals surface area contributed by atoms with E-state index in [2.05, 4.69) is 87.2 Å². The second-order valence-electron chi connectivity index (χ2n) is 7.52. The fraction of sp³-hybridized carbons (Fsp3) is 0.368. The van der Waals surface area contributed by atoms with E-state index in [1.807, 2.05) is 0 Å². The molecule has 0 unspecified atom stereocenters. The van der Waals surface area contributed by atoms with Gasteiger partial charge in [-0.1, -0.05) is 52.1 Å². The van der Waals surface area contributed by atoms with Gasteiger partial charge in [0.25, 0.3) is 0 Å². The molecule has 0 spiro atoms. The zero-order valence-corrected chi connectivity index (χ0v) is 16.6. The number of anilines is 2. The predicted octanol–water partition coefficient (Wildman–Crippen LogP) is 6.66. The van der Waals surface area contributed by atoms with Crippen molar-refractivity contribution in [3.8, 4) is 11.5 Å². The number of ether oxygens (including phenoxy) is 1. The maximum Gasteiger partial charge on any atom is 0.163 e. The molecule has 0 saturated carbocycles. The summed E-state index contributed by atoms with van der Waals surface area (Å²) in [6.07, 6.45) is 2.11. The average molecular weight is 344 g/mol. The van der Waals surface area contributed by atoms with Gasteiger partial charge in [0.05, 0.1) is 16.3 Å².